The SMILES string of the molecule is NS(=O)(=O)c1cc2c(cc1Cl)CN(CCCN1CCN(Cc3ccccc3)CC1)C2=O. The topological polar surface area (TPSA) is 86.9 Å². The summed E-state index contributed by atoms with van der Waals surface area (Å²) in [5.41, 5.74) is 2.47. The normalized spacial score (nSPS) is 17.9. The molecule has 9 heteroatoms. The van der Waals surface area contributed by atoms with E-state index in [2.05, 4.69) is 34.1 Å². The molecule has 0 aromatic heterocycles. The fourth-order valence-corrected chi connectivity index (χ4v) is 5.39. The molecule has 0 radical (unpaired) electrons. The summed E-state index contributed by atoms with van der Waals surface area (Å²) in [5, 5.41) is 5.26. The van der Waals surface area contributed by atoms with Crippen molar-refractivity contribution in [3.05, 3.63) is 64.2 Å². The molecule has 4 rings (SSSR count). The Morgan fingerprint density at radius 1 is 0.968 bits per heavy atom. The largest absolute Gasteiger partial charge is 0.334 e. The zero-order valence-electron chi connectivity index (χ0n) is 17.3. The van der Waals surface area contributed by atoms with Crippen molar-refractivity contribution >= 4 is 27.5 Å². The lowest BCUT2D eigenvalue weighted by Crippen LogP contribution is -2.46. The minimum Gasteiger partial charge on any atom is -0.334 e. The van der Waals surface area contributed by atoms with Crippen molar-refractivity contribution in [2.75, 3.05) is 39.3 Å². The summed E-state index contributed by atoms with van der Waals surface area (Å²) in [5.74, 6) is -0.163. The summed E-state index contributed by atoms with van der Waals surface area (Å²) in [6, 6.07) is 13.4. The molecular formula is C22H27ClN4O3S. The first-order valence-corrected chi connectivity index (χ1v) is 12.4. The van der Waals surface area contributed by atoms with E-state index in [1.54, 1.807) is 11.0 Å². The van der Waals surface area contributed by atoms with Crippen molar-refractivity contribution in [3.63, 3.8) is 0 Å². The van der Waals surface area contributed by atoms with Crippen molar-refractivity contribution in [2.45, 2.75) is 24.4 Å². The summed E-state index contributed by atoms with van der Waals surface area (Å²) < 4.78 is 23.3. The molecular weight excluding hydrogens is 436 g/mol. The number of sulfonamides is 1. The van der Waals surface area contributed by atoms with Crippen LogP contribution in [0.2, 0.25) is 5.02 Å². The molecule has 1 saturated heterocycles. The Morgan fingerprint density at radius 3 is 2.32 bits per heavy atom. The van der Waals surface area contributed by atoms with Gasteiger partial charge in [0.15, 0.2) is 0 Å². The number of rotatable bonds is 7. The van der Waals surface area contributed by atoms with Crippen molar-refractivity contribution in [1.29, 1.82) is 0 Å². The van der Waals surface area contributed by atoms with Crippen LogP contribution in [0.3, 0.4) is 0 Å². The van der Waals surface area contributed by atoms with Gasteiger partial charge >= 0.3 is 0 Å². The van der Waals surface area contributed by atoms with Gasteiger partial charge in [-0.3, -0.25) is 9.69 Å². The van der Waals surface area contributed by atoms with Gasteiger partial charge in [0.25, 0.3) is 5.91 Å². The lowest BCUT2D eigenvalue weighted by molar-refractivity contribution is 0.0760. The van der Waals surface area contributed by atoms with Gasteiger partial charge in [0.2, 0.25) is 10.0 Å². The third-order valence-electron chi connectivity index (χ3n) is 5.96. The van der Waals surface area contributed by atoms with Crippen LogP contribution in [-0.4, -0.2) is 68.3 Å². The summed E-state index contributed by atoms with van der Waals surface area (Å²) in [6.45, 7) is 7.11. The summed E-state index contributed by atoms with van der Waals surface area (Å²) in [7, 11) is -3.97. The highest BCUT2D eigenvalue weighted by Gasteiger charge is 2.30. The van der Waals surface area contributed by atoms with Gasteiger partial charge in [0, 0.05) is 51.4 Å². The van der Waals surface area contributed by atoms with E-state index in [-0.39, 0.29) is 15.8 Å². The van der Waals surface area contributed by atoms with E-state index in [1.807, 2.05) is 6.07 Å². The third-order valence-corrected chi connectivity index (χ3v) is 7.33. The number of benzene rings is 2. The Balaban J connectivity index is 1.25. The van der Waals surface area contributed by atoms with Gasteiger partial charge in [-0.05, 0) is 36.2 Å². The second kappa shape index (κ2) is 9.26. The van der Waals surface area contributed by atoms with Crippen LogP contribution < -0.4 is 5.14 Å². The third kappa shape index (κ3) is 5.27. The smallest absolute Gasteiger partial charge is 0.254 e. The van der Waals surface area contributed by atoms with Crippen LogP contribution in [0, 0.1) is 0 Å². The molecule has 0 aliphatic carbocycles. The van der Waals surface area contributed by atoms with Crippen LogP contribution in [0.25, 0.3) is 0 Å². The van der Waals surface area contributed by atoms with Gasteiger partial charge in [-0.2, -0.15) is 0 Å². The molecule has 0 atom stereocenters. The fraction of sp³-hybridized carbons (Fsp3) is 0.409. The van der Waals surface area contributed by atoms with Crippen LogP contribution in [0.1, 0.15) is 27.9 Å². The molecule has 1 fully saturated rings. The summed E-state index contributed by atoms with van der Waals surface area (Å²) >= 11 is 6.06. The highest BCUT2D eigenvalue weighted by molar-refractivity contribution is 7.89. The second-order valence-electron chi connectivity index (χ2n) is 8.17. The average molecular weight is 463 g/mol. The molecule has 0 saturated carbocycles. The molecule has 0 unspecified atom stereocenters. The Kier molecular flexibility index (Phi) is 6.64. The predicted molar refractivity (Wildman–Crippen MR) is 120 cm³/mol. The molecule has 2 N–H and O–H groups in total. The molecule has 2 aliphatic heterocycles. The van der Waals surface area contributed by atoms with Gasteiger partial charge in [-0.1, -0.05) is 41.9 Å². The average Bonchev–Trinajstić information content (AvgIpc) is 3.03. The molecule has 31 heavy (non-hydrogen) atoms. The standard InChI is InChI=1S/C22H27ClN4O3S/c23-20-13-18-16-27(22(28)19(18)14-21(20)31(24,29)30)8-4-7-25-9-11-26(12-10-25)15-17-5-2-1-3-6-17/h1-3,5-6,13-14H,4,7-12,15-16H2,(H2,24,29,30). The summed E-state index contributed by atoms with van der Waals surface area (Å²) in [4.78, 5) is 19.2. The number of halogens is 1. The number of carbonyl (C=O) groups excluding carboxylic acids is 1. The van der Waals surface area contributed by atoms with Crippen LogP contribution in [0.15, 0.2) is 47.4 Å². The Hall–Kier alpha value is -1.97. The number of hydrogen-bond donors (Lipinski definition) is 1. The number of fused-ring (bicyclic) bond motifs is 1. The van der Waals surface area contributed by atoms with Crippen LogP contribution in [0.4, 0.5) is 0 Å². The van der Waals surface area contributed by atoms with Crippen LogP contribution >= 0.6 is 11.6 Å². The number of carbonyl (C=O) groups is 1. The lowest BCUT2D eigenvalue weighted by atomic mass is 10.1. The van der Waals surface area contributed by atoms with Crippen molar-refractivity contribution in [3.8, 4) is 0 Å². The monoisotopic (exact) mass is 462 g/mol. The molecule has 7 nitrogen and oxygen atoms in total. The highest BCUT2D eigenvalue weighted by atomic mass is 35.5. The Bertz CT molecular complexity index is 1050. The zero-order chi connectivity index (χ0) is 22.0. The van der Waals surface area contributed by atoms with Gasteiger partial charge in [0.1, 0.15) is 4.90 Å². The molecule has 0 bridgehead atoms. The second-order valence-corrected chi connectivity index (χ2v) is 10.1. The van der Waals surface area contributed by atoms with Gasteiger partial charge < -0.3 is 9.80 Å². The van der Waals surface area contributed by atoms with Crippen molar-refractivity contribution in [2.24, 2.45) is 5.14 Å². The lowest BCUT2D eigenvalue weighted by Gasteiger charge is -2.35. The Labute approximate surface area is 188 Å². The van der Waals surface area contributed by atoms with E-state index >= 15 is 0 Å². The van der Waals surface area contributed by atoms with Gasteiger partial charge in [-0.25, -0.2) is 13.6 Å². The first-order chi connectivity index (χ1) is 14.8. The fourth-order valence-electron chi connectivity index (χ4n) is 4.27. The van der Waals surface area contributed by atoms with E-state index in [4.69, 9.17) is 16.7 Å². The molecule has 2 aromatic carbocycles. The number of hydrogen-bond acceptors (Lipinski definition) is 5. The maximum absolute atomic E-state index is 12.7. The highest BCUT2D eigenvalue weighted by Crippen LogP contribution is 2.30. The van der Waals surface area contributed by atoms with Crippen molar-refractivity contribution in [1.82, 2.24) is 14.7 Å². The zero-order valence-corrected chi connectivity index (χ0v) is 18.9. The van der Waals surface area contributed by atoms with Gasteiger partial charge in [0.05, 0.1) is 5.02 Å². The summed E-state index contributed by atoms with van der Waals surface area (Å²) in [6.07, 6.45) is 0.869. The maximum atomic E-state index is 12.7. The molecule has 2 aromatic rings. The number of piperazine rings is 1. The van der Waals surface area contributed by atoms with E-state index in [0.29, 0.717) is 18.7 Å². The first-order valence-electron chi connectivity index (χ1n) is 10.4. The van der Waals surface area contributed by atoms with E-state index < -0.39 is 10.0 Å². The van der Waals surface area contributed by atoms with E-state index in [0.717, 1.165) is 51.3 Å². The number of nitrogens with zero attached hydrogens (tertiary/aromatic N) is 3. The quantitative estimate of drug-likeness (QED) is 0.681. The number of primary sulfonamides is 1. The number of amides is 1. The molecule has 166 valence electrons. The van der Waals surface area contributed by atoms with Crippen LogP contribution in [0.5, 0.6) is 0 Å². The molecule has 1 amide bonds. The van der Waals surface area contributed by atoms with E-state index in [9.17, 15) is 13.2 Å². The predicted octanol–water partition coefficient (Wildman–Crippen LogP) is 2.15. The minimum atomic E-state index is -3.97. The molecule has 2 aliphatic rings. The Morgan fingerprint density at radius 2 is 1.65 bits per heavy atom. The van der Waals surface area contributed by atoms with Crippen LogP contribution in [-0.2, 0) is 23.1 Å². The maximum Gasteiger partial charge on any atom is 0.254 e. The van der Waals surface area contributed by atoms with Crippen molar-refractivity contribution < 1.29 is 13.2 Å². The minimum absolute atomic E-state index is 0.0595. The molecule has 2 heterocycles. The molecule has 0 spiro atoms. The van der Waals surface area contributed by atoms with Gasteiger partial charge in [-0.15, -0.1) is 0 Å². The first kappa shape index (κ1) is 22.2. The number of nitrogens with two attached hydrogens (primary N) is 1. The van der Waals surface area contributed by atoms with E-state index in [1.165, 1.54) is 11.6 Å².